The van der Waals surface area contributed by atoms with Crippen LogP contribution in [-0.4, -0.2) is 58.3 Å². The molecule has 38 heavy (non-hydrogen) atoms. The van der Waals surface area contributed by atoms with Crippen molar-refractivity contribution in [3.05, 3.63) is 88.2 Å². The summed E-state index contributed by atoms with van der Waals surface area (Å²) in [4.78, 5) is 37.8. The molecule has 1 saturated heterocycles. The first-order valence-corrected chi connectivity index (χ1v) is 12.8. The minimum absolute atomic E-state index is 0.0448. The third kappa shape index (κ3) is 4.95. The molecule has 3 heterocycles. The van der Waals surface area contributed by atoms with Gasteiger partial charge in [0.2, 0.25) is 5.91 Å². The number of urea groups is 1. The molecule has 2 unspecified atom stereocenters. The first-order valence-electron chi connectivity index (χ1n) is 12.4. The van der Waals surface area contributed by atoms with Gasteiger partial charge in [-0.25, -0.2) is 4.79 Å². The quantitative estimate of drug-likeness (QED) is 0.508. The molecule has 1 aromatic heterocycles. The predicted molar refractivity (Wildman–Crippen MR) is 143 cm³/mol. The number of amides is 3. The summed E-state index contributed by atoms with van der Waals surface area (Å²) in [5.41, 5.74) is 2.76. The summed E-state index contributed by atoms with van der Waals surface area (Å²) < 4.78 is 6.10. The van der Waals surface area contributed by atoms with Gasteiger partial charge in [-0.1, -0.05) is 23.7 Å². The van der Waals surface area contributed by atoms with Gasteiger partial charge in [-0.05, 0) is 61.4 Å². The van der Waals surface area contributed by atoms with Crippen LogP contribution in [0.5, 0.6) is 5.75 Å². The molecule has 2 aliphatic heterocycles. The Morgan fingerprint density at radius 3 is 2.63 bits per heavy atom. The SMILES string of the molecule is CC(C)Oc1cc(C#N)ccc1C1=NC(c2ccc(Cl)cc2)C(c2cc[nH]c2)N1C(=O)N1CCNC(=O)C1. The lowest BCUT2D eigenvalue weighted by Crippen LogP contribution is -2.55. The zero-order valence-electron chi connectivity index (χ0n) is 21.0. The topological polar surface area (TPSA) is 114 Å². The van der Waals surface area contributed by atoms with Gasteiger partial charge in [0.25, 0.3) is 0 Å². The number of H-pyrrole nitrogens is 1. The maximum absolute atomic E-state index is 14.2. The monoisotopic (exact) mass is 530 g/mol. The molecule has 0 spiro atoms. The Morgan fingerprint density at radius 2 is 1.97 bits per heavy atom. The van der Waals surface area contributed by atoms with Crippen LogP contribution in [0.3, 0.4) is 0 Å². The molecule has 3 aromatic rings. The van der Waals surface area contributed by atoms with Crippen LogP contribution in [0.2, 0.25) is 5.02 Å². The molecule has 0 radical (unpaired) electrons. The average Bonchev–Trinajstić information content (AvgIpc) is 3.56. The van der Waals surface area contributed by atoms with E-state index in [2.05, 4.69) is 16.4 Å². The van der Waals surface area contributed by atoms with E-state index in [0.717, 1.165) is 11.1 Å². The zero-order valence-corrected chi connectivity index (χ0v) is 21.8. The number of benzene rings is 2. The molecule has 194 valence electrons. The van der Waals surface area contributed by atoms with E-state index < -0.39 is 12.1 Å². The summed E-state index contributed by atoms with van der Waals surface area (Å²) in [6, 6.07) is 15.3. The van der Waals surface area contributed by atoms with Gasteiger partial charge in [-0.3, -0.25) is 14.7 Å². The maximum Gasteiger partial charge on any atom is 0.326 e. The second-order valence-corrected chi connectivity index (χ2v) is 9.89. The highest BCUT2D eigenvalue weighted by Crippen LogP contribution is 2.45. The second-order valence-electron chi connectivity index (χ2n) is 9.45. The number of aliphatic imine (C=N–C) groups is 1. The smallest absolute Gasteiger partial charge is 0.326 e. The van der Waals surface area contributed by atoms with Crippen LogP contribution < -0.4 is 10.1 Å². The normalized spacial score (nSPS) is 19.2. The van der Waals surface area contributed by atoms with Gasteiger partial charge in [0.1, 0.15) is 24.2 Å². The summed E-state index contributed by atoms with van der Waals surface area (Å²) in [6.45, 7) is 4.50. The molecule has 0 aliphatic carbocycles. The molecule has 1 fully saturated rings. The standard InChI is InChI=1S/C28H27ClN6O3/c1-17(2)38-23-13-18(14-30)3-8-22(23)27-33-25(19-4-6-21(29)7-5-19)26(20-9-10-31-15-20)35(27)28(37)34-12-11-32-24(36)16-34/h3-10,13,15,17,25-26,31H,11-12,16H2,1-2H3,(H,32,36). The van der Waals surface area contributed by atoms with Crippen molar-refractivity contribution in [3.63, 3.8) is 0 Å². The van der Waals surface area contributed by atoms with Gasteiger partial charge >= 0.3 is 6.03 Å². The van der Waals surface area contributed by atoms with Gasteiger partial charge in [0, 0.05) is 30.5 Å². The molecular formula is C28H27ClN6O3. The molecule has 3 amide bonds. The van der Waals surface area contributed by atoms with Crippen molar-refractivity contribution >= 4 is 29.4 Å². The number of nitrogens with one attached hydrogen (secondary N) is 2. The number of hydrogen-bond acceptors (Lipinski definition) is 5. The van der Waals surface area contributed by atoms with Gasteiger partial charge in [-0.15, -0.1) is 0 Å². The van der Waals surface area contributed by atoms with Crippen molar-refractivity contribution in [2.24, 2.45) is 4.99 Å². The first-order chi connectivity index (χ1) is 18.4. The van der Waals surface area contributed by atoms with E-state index in [-0.39, 0.29) is 24.6 Å². The lowest BCUT2D eigenvalue weighted by Gasteiger charge is -2.35. The number of amidine groups is 1. The fourth-order valence-electron chi connectivity index (χ4n) is 4.80. The fraction of sp³-hybridized carbons (Fsp3) is 0.286. The summed E-state index contributed by atoms with van der Waals surface area (Å²) in [5, 5.41) is 12.9. The summed E-state index contributed by atoms with van der Waals surface area (Å²) in [7, 11) is 0. The first kappa shape index (κ1) is 25.4. The van der Waals surface area contributed by atoms with E-state index in [1.807, 2.05) is 38.2 Å². The number of hydrogen-bond donors (Lipinski definition) is 2. The summed E-state index contributed by atoms with van der Waals surface area (Å²) >= 11 is 6.18. The van der Waals surface area contributed by atoms with Crippen LogP contribution in [0, 0.1) is 11.3 Å². The number of carbonyl (C=O) groups is 2. The minimum atomic E-state index is -0.502. The van der Waals surface area contributed by atoms with Crippen molar-refractivity contribution in [1.82, 2.24) is 20.1 Å². The number of aromatic nitrogens is 1. The number of aromatic amines is 1. The van der Waals surface area contributed by atoms with Gasteiger partial charge in [0.15, 0.2) is 0 Å². The van der Waals surface area contributed by atoms with E-state index in [4.69, 9.17) is 21.3 Å². The van der Waals surface area contributed by atoms with E-state index >= 15 is 0 Å². The highest BCUT2D eigenvalue weighted by atomic mass is 35.5. The van der Waals surface area contributed by atoms with Crippen molar-refractivity contribution < 1.29 is 14.3 Å². The van der Waals surface area contributed by atoms with Crippen molar-refractivity contribution in [2.45, 2.75) is 32.0 Å². The number of ether oxygens (including phenoxy) is 1. The number of nitrogens with zero attached hydrogens (tertiary/aromatic N) is 4. The maximum atomic E-state index is 14.2. The minimum Gasteiger partial charge on any atom is -0.490 e. The predicted octanol–water partition coefficient (Wildman–Crippen LogP) is 4.42. The number of rotatable bonds is 5. The number of piperazine rings is 1. The molecule has 2 aliphatic rings. The largest absolute Gasteiger partial charge is 0.490 e. The number of halogens is 1. The van der Waals surface area contributed by atoms with E-state index in [0.29, 0.717) is 40.8 Å². The van der Waals surface area contributed by atoms with Gasteiger partial charge in [0.05, 0.1) is 29.3 Å². The Balaban J connectivity index is 1.69. The lowest BCUT2D eigenvalue weighted by molar-refractivity contribution is -0.123. The molecule has 10 heteroatoms. The van der Waals surface area contributed by atoms with E-state index in [1.54, 1.807) is 41.4 Å². The molecule has 2 atom stereocenters. The van der Waals surface area contributed by atoms with Crippen LogP contribution in [0.4, 0.5) is 4.79 Å². The Kier molecular flexibility index (Phi) is 7.07. The second kappa shape index (κ2) is 10.6. The van der Waals surface area contributed by atoms with Crippen molar-refractivity contribution in [2.75, 3.05) is 19.6 Å². The molecule has 5 rings (SSSR count). The zero-order chi connectivity index (χ0) is 26.8. The van der Waals surface area contributed by atoms with Crippen LogP contribution in [0.1, 0.15) is 48.2 Å². The Hall–Kier alpha value is -4.29. The van der Waals surface area contributed by atoms with Crippen LogP contribution in [0.15, 0.2) is 65.9 Å². The molecule has 2 N–H and O–H groups in total. The van der Waals surface area contributed by atoms with E-state index in [9.17, 15) is 14.9 Å². The molecule has 0 saturated carbocycles. The highest BCUT2D eigenvalue weighted by Gasteiger charge is 2.45. The third-order valence-corrected chi connectivity index (χ3v) is 6.72. The van der Waals surface area contributed by atoms with Crippen LogP contribution in [-0.2, 0) is 4.79 Å². The van der Waals surface area contributed by atoms with E-state index in [1.165, 1.54) is 4.90 Å². The molecule has 9 nitrogen and oxygen atoms in total. The molecular weight excluding hydrogens is 504 g/mol. The number of carbonyl (C=O) groups excluding carboxylic acids is 2. The van der Waals surface area contributed by atoms with Gasteiger partial charge < -0.3 is 19.9 Å². The lowest BCUT2D eigenvalue weighted by atomic mass is 9.95. The van der Waals surface area contributed by atoms with Crippen molar-refractivity contribution in [1.29, 1.82) is 5.26 Å². The van der Waals surface area contributed by atoms with Crippen LogP contribution in [0.25, 0.3) is 0 Å². The summed E-state index contributed by atoms with van der Waals surface area (Å²) in [5.74, 6) is 0.653. The fourth-order valence-corrected chi connectivity index (χ4v) is 4.92. The summed E-state index contributed by atoms with van der Waals surface area (Å²) in [6.07, 6.45) is 3.48. The molecule has 0 bridgehead atoms. The Morgan fingerprint density at radius 1 is 1.18 bits per heavy atom. The third-order valence-electron chi connectivity index (χ3n) is 6.47. The Labute approximate surface area is 225 Å². The Bertz CT molecular complexity index is 1410. The molecule has 2 aromatic carbocycles. The highest BCUT2D eigenvalue weighted by molar-refractivity contribution is 6.30. The average molecular weight is 531 g/mol. The van der Waals surface area contributed by atoms with Crippen molar-refractivity contribution in [3.8, 4) is 11.8 Å². The number of nitriles is 1. The van der Waals surface area contributed by atoms with Gasteiger partial charge in [-0.2, -0.15) is 5.26 Å². The van der Waals surface area contributed by atoms with Crippen LogP contribution >= 0.6 is 11.6 Å².